The summed E-state index contributed by atoms with van der Waals surface area (Å²) in [5, 5.41) is 13.9. The lowest BCUT2D eigenvalue weighted by molar-refractivity contribution is 0.0520. The Hall–Kier alpha value is -2.34. The van der Waals surface area contributed by atoms with Gasteiger partial charge in [-0.1, -0.05) is 19.3 Å². The highest BCUT2D eigenvalue weighted by Gasteiger charge is 2.19. The smallest absolute Gasteiger partial charge is 0.354 e. The highest BCUT2D eigenvalue weighted by molar-refractivity contribution is 6.11. The number of ketones is 1. The molecule has 1 aliphatic rings. The summed E-state index contributed by atoms with van der Waals surface area (Å²) < 4.78 is 4.98. The van der Waals surface area contributed by atoms with E-state index in [2.05, 4.69) is 10.3 Å². The molecule has 3 N–H and O–H groups in total. The second kappa shape index (κ2) is 7.70. The predicted octanol–water partition coefficient (Wildman–Crippen LogP) is 3.16. The second-order valence-electron chi connectivity index (χ2n) is 6.46. The Bertz CT molecular complexity index is 775. The van der Waals surface area contributed by atoms with Gasteiger partial charge in [0.05, 0.1) is 18.7 Å². The summed E-state index contributed by atoms with van der Waals surface area (Å²) in [4.78, 5) is 27.4. The van der Waals surface area contributed by atoms with Crippen LogP contribution >= 0.6 is 0 Å². The van der Waals surface area contributed by atoms with Gasteiger partial charge in [-0.3, -0.25) is 4.79 Å². The first-order chi connectivity index (χ1) is 12.1. The molecule has 0 atom stereocenters. The Balaban J connectivity index is 1.81. The van der Waals surface area contributed by atoms with E-state index in [-0.39, 0.29) is 30.4 Å². The number of aromatic amines is 1. The van der Waals surface area contributed by atoms with Crippen molar-refractivity contribution in [1.29, 1.82) is 0 Å². The standard InChI is InChI=1S/C19H24N2O4/c1-2-25-19(24)15-10-14-13(8-9-16(22)18(14)21-15)17(23)11-20-12-6-4-3-5-7-12/h8-10,12,20-22H,2-7,11H2,1H3. The first-order valence-corrected chi connectivity index (χ1v) is 8.88. The van der Waals surface area contributed by atoms with Crippen molar-refractivity contribution in [3.05, 3.63) is 29.5 Å². The van der Waals surface area contributed by atoms with E-state index in [1.54, 1.807) is 19.1 Å². The fourth-order valence-electron chi connectivity index (χ4n) is 3.41. The van der Waals surface area contributed by atoms with E-state index in [1.165, 1.54) is 25.3 Å². The summed E-state index contributed by atoms with van der Waals surface area (Å²) in [5.41, 5.74) is 1.10. The van der Waals surface area contributed by atoms with Crippen LogP contribution < -0.4 is 5.32 Å². The van der Waals surface area contributed by atoms with Crippen LogP contribution in [0.15, 0.2) is 18.2 Å². The molecule has 1 aromatic carbocycles. The molecular weight excluding hydrogens is 320 g/mol. The summed E-state index contributed by atoms with van der Waals surface area (Å²) in [7, 11) is 0. The number of fused-ring (bicyclic) bond motifs is 1. The molecule has 0 saturated heterocycles. The summed E-state index contributed by atoms with van der Waals surface area (Å²) in [6, 6.07) is 5.04. The van der Waals surface area contributed by atoms with Crippen molar-refractivity contribution in [1.82, 2.24) is 10.3 Å². The molecular formula is C19H24N2O4. The van der Waals surface area contributed by atoms with Gasteiger partial charge in [0, 0.05) is 17.0 Å². The molecule has 0 aliphatic heterocycles. The minimum atomic E-state index is -0.503. The number of hydrogen-bond donors (Lipinski definition) is 3. The van der Waals surface area contributed by atoms with E-state index in [0.717, 1.165) is 12.8 Å². The lowest BCUT2D eigenvalue weighted by Gasteiger charge is -2.22. The van der Waals surface area contributed by atoms with E-state index in [4.69, 9.17) is 4.74 Å². The number of Topliss-reactive ketones (excluding diaryl/α,β-unsaturated/α-hetero) is 1. The molecule has 1 fully saturated rings. The van der Waals surface area contributed by atoms with Gasteiger partial charge in [-0.15, -0.1) is 0 Å². The number of esters is 1. The Morgan fingerprint density at radius 3 is 2.76 bits per heavy atom. The quantitative estimate of drug-likeness (QED) is 0.553. The summed E-state index contributed by atoms with van der Waals surface area (Å²) >= 11 is 0. The predicted molar refractivity (Wildman–Crippen MR) is 95.1 cm³/mol. The monoisotopic (exact) mass is 344 g/mol. The van der Waals surface area contributed by atoms with Crippen LogP contribution in [-0.2, 0) is 4.74 Å². The maximum absolute atomic E-state index is 12.6. The van der Waals surface area contributed by atoms with Gasteiger partial charge in [0.1, 0.15) is 11.4 Å². The van der Waals surface area contributed by atoms with Crippen LogP contribution in [-0.4, -0.2) is 41.0 Å². The number of carbonyl (C=O) groups excluding carboxylic acids is 2. The number of hydrogen-bond acceptors (Lipinski definition) is 5. The van der Waals surface area contributed by atoms with Crippen molar-refractivity contribution in [2.75, 3.05) is 13.2 Å². The van der Waals surface area contributed by atoms with Crippen LogP contribution in [0.5, 0.6) is 5.75 Å². The highest BCUT2D eigenvalue weighted by Crippen LogP contribution is 2.29. The fourth-order valence-corrected chi connectivity index (χ4v) is 3.41. The number of nitrogens with one attached hydrogen (secondary N) is 2. The van der Waals surface area contributed by atoms with Crippen LogP contribution in [0.3, 0.4) is 0 Å². The van der Waals surface area contributed by atoms with Gasteiger partial charge in [-0.25, -0.2) is 4.79 Å². The average molecular weight is 344 g/mol. The molecule has 3 rings (SSSR count). The number of phenols is 1. The molecule has 134 valence electrons. The van der Waals surface area contributed by atoms with Crippen LogP contribution in [0.2, 0.25) is 0 Å². The third-order valence-corrected chi connectivity index (χ3v) is 4.72. The lowest BCUT2D eigenvalue weighted by Crippen LogP contribution is -2.35. The maximum atomic E-state index is 12.6. The van der Waals surface area contributed by atoms with Crippen LogP contribution in [0.25, 0.3) is 10.9 Å². The van der Waals surface area contributed by atoms with Crippen molar-refractivity contribution in [2.45, 2.75) is 45.1 Å². The van der Waals surface area contributed by atoms with Crippen molar-refractivity contribution in [3.63, 3.8) is 0 Å². The Labute approximate surface area is 146 Å². The highest BCUT2D eigenvalue weighted by atomic mass is 16.5. The van der Waals surface area contributed by atoms with E-state index in [0.29, 0.717) is 22.5 Å². The number of aromatic nitrogens is 1. The van der Waals surface area contributed by atoms with Gasteiger partial charge in [0.2, 0.25) is 0 Å². The summed E-state index contributed by atoms with van der Waals surface area (Å²) in [5.74, 6) is -0.552. The molecule has 6 heteroatoms. The van der Waals surface area contributed by atoms with Gasteiger partial charge in [-0.2, -0.15) is 0 Å². The summed E-state index contributed by atoms with van der Waals surface area (Å²) in [6.45, 7) is 2.24. The first kappa shape index (κ1) is 17.5. The topological polar surface area (TPSA) is 91.4 Å². The van der Waals surface area contributed by atoms with E-state index >= 15 is 0 Å². The molecule has 1 saturated carbocycles. The number of ether oxygens (including phenoxy) is 1. The summed E-state index contributed by atoms with van der Waals surface area (Å²) in [6.07, 6.45) is 5.89. The van der Waals surface area contributed by atoms with E-state index in [9.17, 15) is 14.7 Å². The van der Waals surface area contributed by atoms with Crippen LogP contribution in [0, 0.1) is 0 Å². The van der Waals surface area contributed by atoms with E-state index in [1.807, 2.05) is 0 Å². The molecule has 0 unspecified atom stereocenters. The molecule has 0 bridgehead atoms. The van der Waals surface area contributed by atoms with Gasteiger partial charge in [0.15, 0.2) is 5.78 Å². The minimum Gasteiger partial charge on any atom is -0.506 e. The molecule has 1 aliphatic carbocycles. The van der Waals surface area contributed by atoms with Crippen LogP contribution in [0.1, 0.15) is 59.9 Å². The van der Waals surface area contributed by atoms with Gasteiger partial charge >= 0.3 is 5.97 Å². The SMILES string of the molecule is CCOC(=O)c1cc2c(C(=O)CNC3CCCCC3)ccc(O)c2[nH]1. The largest absolute Gasteiger partial charge is 0.506 e. The van der Waals surface area contributed by atoms with Gasteiger partial charge in [-0.05, 0) is 38.0 Å². The third-order valence-electron chi connectivity index (χ3n) is 4.72. The zero-order valence-corrected chi connectivity index (χ0v) is 14.4. The number of aromatic hydroxyl groups is 1. The number of phenolic OH excluding ortho intramolecular Hbond substituents is 1. The minimum absolute atomic E-state index is 0.00216. The Kier molecular flexibility index (Phi) is 5.38. The third kappa shape index (κ3) is 3.85. The van der Waals surface area contributed by atoms with Crippen molar-refractivity contribution >= 4 is 22.7 Å². The average Bonchev–Trinajstić information content (AvgIpc) is 3.07. The number of carbonyl (C=O) groups is 2. The molecule has 1 heterocycles. The molecule has 2 aromatic rings. The maximum Gasteiger partial charge on any atom is 0.354 e. The normalized spacial score (nSPS) is 15.4. The number of rotatable bonds is 6. The lowest BCUT2D eigenvalue weighted by atomic mass is 9.95. The molecule has 0 spiro atoms. The first-order valence-electron chi connectivity index (χ1n) is 8.88. The zero-order chi connectivity index (χ0) is 17.8. The molecule has 0 amide bonds. The Morgan fingerprint density at radius 2 is 2.04 bits per heavy atom. The fraction of sp³-hybridized carbons (Fsp3) is 0.474. The zero-order valence-electron chi connectivity index (χ0n) is 14.4. The second-order valence-corrected chi connectivity index (χ2v) is 6.46. The van der Waals surface area contributed by atoms with Crippen LogP contribution in [0.4, 0.5) is 0 Å². The molecule has 25 heavy (non-hydrogen) atoms. The Morgan fingerprint density at radius 1 is 1.28 bits per heavy atom. The van der Waals surface area contributed by atoms with Crippen molar-refractivity contribution in [2.24, 2.45) is 0 Å². The van der Waals surface area contributed by atoms with Gasteiger partial charge in [0.25, 0.3) is 0 Å². The van der Waals surface area contributed by atoms with Gasteiger partial charge < -0.3 is 20.1 Å². The van der Waals surface area contributed by atoms with E-state index < -0.39 is 5.97 Å². The molecule has 6 nitrogen and oxygen atoms in total. The van der Waals surface area contributed by atoms with Crippen molar-refractivity contribution < 1.29 is 19.4 Å². The van der Waals surface area contributed by atoms with Crippen molar-refractivity contribution in [3.8, 4) is 5.75 Å². The molecule has 0 radical (unpaired) electrons. The number of H-pyrrole nitrogens is 1. The number of benzene rings is 1. The molecule has 1 aromatic heterocycles.